The Kier molecular flexibility index (Phi) is 3.25. The maximum Gasteiger partial charge on any atom is 0.131 e. The van der Waals surface area contributed by atoms with Crippen molar-refractivity contribution in [1.29, 1.82) is 0 Å². The average Bonchev–Trinajstić information content (AvgIpc) is 2.70. The Morgan fingerprint density at radius 3 is 2.50 bits per heavy atom. The van der Waals surface area contributed by atoms with Crippen molar-refractivity contribution in [2.75, 3.05) is 0 Å². The third kappa shape index (κ3) is 1.84. The number of allylic oxidation sites excluding steroid dienone is 3. The lowest BCUT2D eigenvalue weighted by Crippen LogP contribution is -2.26. The summed E-state index contributed by atoms with van der Waals surface area (Å²) in [7, 11) is 0. The summed E-state index contributed by atoms with van der Waals surface area (Å²) in [5.41, 5.74) is 5.81. The minimum absolute atomic E-state index is 0.371. The molecule has 18 heavy (non-hydrogen) atoms. The lowest BCUT2D eigenvalue weighted by atomic mass is 9.75. The highest BCUT2D eigenvalue weighted by atomic mass is 16.1. The zero-order chi connectivity index (χ0) is 13.3. The second-order valence-corrected chi connectivity index (χ2v) is 5.38. The molecule has 0 saturated heterocycles. The van der Waals surface area contributed by atoms with Crippen molar-refractivity contribution in [2.45, 2.75) is 39.0 Å². The molecule has 1 aromatic rings. The van der Waals surface area contributed by atoms with Crippen LogP contribution >= 0.6 is 0 Å². The van der Waals surface area contributed by atoms with E-state index in [1.54, 1.807) is 0 Å². The highest BCUT2D eigenvalue weighted by Gasteiger charge is 2.39. The summed E-state index contributed by atoms with van der Waals surface area (Å²) >= 11 is 0. The van der Waals surface area contributed by atoms with Crippen molar-refractivity contribution in [3.63, 3.8) is 0 Å². The summed E-state index contributed by atoms with van der Waals surface area (Å²) in [5.74, 6) is 0. The SMILES string of the molecule is C=CC1=C(C)C[C@](C=O)(c2cccc(C)c2C)C1. The largest absolute Gasteiger partial charge is 0.302 e. The molecule has 0 unspecified atom stereocenters. The first-order chi connectivity index (χ1) is 8.54. The molecule has 2 rings (SSSR count). The van der Waals surface area contributed by atoms with E-state index in [9.17, 15) is 4.79 Å². The topological polar surface area (TPSA) is 17.1 Å². The van der Waals surface area contributed by atoms with Gasteiger partial charge in [-0.05, 0) is 55.9 Å². The summed E-state index contributed by atoms with van der Waals surface area (Å²) < 4.78 is 0. The molecule has 0 bridgehead atoms. The molecule has 1 atom stereocenters. The Morgan fingerprint density at radius 1 is 1.22 bits per heavy atom. The summed E-state index contributed by atoms with van der Waals surface area (Å²) in [5, 5.41) is 0. The van der Waals surface area contributed by atoms with Gasteiger partial charge in [-0.15, -0.1) is 0 Å². The van der Waals surface area contributed by atoms with E-state index in [0.717, 1.165) is 19.1 Å². The third-order valence-electron chi connectivity index (χ3n) is 4.25. The standard InChI is InChI=1S/C17H20O/c1-5-15-10-17(11-18,9-13(15)3)16-8-6-7-12(2)14(16)4/h5-8,11H,1,9-10H2,2-4H3/t17-/m0/s1. The van der Waals surface area contributed by atoms with E-state index in [1.807, 2.05) is 12.1 Å². The van der Waals surface area contributed by atoms with Crippen LogP contribution < -0.4 is 0 Å². The van der Waals surface area contributed by atoms with E-state index >= 15 is 0 Å². The monoisotopic (exact) mass is 240 g/mol. The van der Waals surface area contributed by atoms with Gasteiger partial charge in [0, 0.05) is 0 Å². The van der Waals surface area contributed by atoms with Crippen molar-refractivity contribution in [3.05, 3.63) is 58.7 Å². The molecule has 1 aromatic carbocycles. The Hall–Kier alpha value is -1.63. The Balaban J connectivity index is 2.52. The van der Waals surface area contributed by atoms with Crippen LogP contribution in [0.15, 0.2) is 42.0 Å². The normalized spacial score (nSPS) is 23.3. The molecule has 1 aliphatic rings. The van der Waals surface area contributed by atoms with Gasteiger partial charge in [-0.2, -0.15) is 0 Å². The molecule has 0 radical (unpaired) electrons. The number of carbonyl (C=O) groups excluding carboxylic acids is 1. The van der Waals surface area contributed by atoms with Crippen LogP contribution in [0.1, 0.15) is 36.5 Å². The van der Waals surface area contributed by atoms with Gasteiger partial charge in [-0.3, -0.25) is 0 Å². The Morgan fingerprint density at radius 2 is 1.94 bits per heavy atom. The van der Waals surface area contributed by atoms with Crippen molar-refractivity contribution in [3.8, 4) is 0 Å². The first kappa shape index (κ1) is 12.8. The quantitative estimate of drug-likeness (QED) is 0.729. The summed E-state index contributed by atoms with van der Waals surface area (Å²) in [6.45, 7) is 10.2. The highest BCUT2D eigenvalue weighted by molar-refractivity contribution is 5.73. The van der Waals surface area contributed by atoms with Crippen molar-refractivity contribution in [2.24, 2.45) is 0 Å². The van der Waals surface area contributed by atoms with E-state index < -0.39 is 0 Å². The zero-order valence-corrected chi connectivity index (χ0v) is 11.4. The summed E-state index contributed by atoms with van der Waals surface area (Å²) in [6.07, 6.45) is 4.64. The first-order valence-corrected chi connectivity index (χ1v) is 6.38. The maximum atomic E-state index is 11.7. The van der Waals surface area contributed by atoms with Crippen molar-refractivity contribution in [1.82, 2.24) is 0 Å². The predicted octanol–water partition coefficient (Wildman–Crippen LogP) is 4.04. The lowest BCUT2D eigenvalue weighted by molar-refractivity contribution is -0.112. The number of benzene rings is 1. The van der Waals surface area contributed by atoms with Crippen LogP contribution in [-0.2, 0) is 10.2 Å². The highest BCUT2D eigenvalue weighted by Crippen LogP contribution is 2.44. The molecule has 1 aliphatic carbocycles. The van der Waals surface area contributed by atoms with Gasteiger partial charge in [0.1, 0.15) is 6.29 Å². The van der Waals surface area contributed by atoms with E-state index in [1.165, 1.54) is 27.8 Å². The van der Waals surface area contributed by atoms with Gasteiger partial charge in [0.05, 0.1) is 5.41 Å². The fourth-order valence-electron chi connectivity index (χ4n) is 3.01. The number of aryl methyl sites for hydroxylation is 1. The fourth-order valence-corrected chi connectivity index (χ4v) is 3.01. The Bertz CT molecular complexity index is 537. The van der Waals surface area contributed by atoms with E-state index in [2.05, 4.69) is 39.5 Å². The first-order valence-electron chi connectivity index (χ1n) is 6.38. The molecule has 1 nitrogen and oxygen atoms in total. The number of aldehydes is 1. The molecule has 0 aliphatic heterocycles. The van der Waals surface area contributed by atoms with Gasteiger partial charge in [0.2, 0.25) is 0 Å². The van der Waals surface area contributed by atoms with Crippen LogP contribution in [0.2, 0.25) is 0 Å². The van der Waals surface area contributed by atoms with Crippen LogP contribution in [0.5, 0.6) is 0 Å². The zero-order valence-electron chi connectivity index (χ0n) is 11.4. The molecule has 0 heterocycles. The molecular weight excluding hydrogens is 220 g/mol. The van der Waals surface area contributed by atoms with E-state index in [-0.39, 0.29) is 5.41 Å². The minimum atomic E-state index is -0.371. The second kappa shape index (κ2) is 4.56. The van der Waals surface area contributed by atoms with Gasteiger partial charge in [0.25, 0.3) is 0 Å². The van der Waals surface area contributed by atoms with Crippen molar-refractivity contribution < 1.29 is 4.79 Å². The van der Waals surface area contributed by atoms with Gasteiger partial charge in [0.15, 0.2) is 0 Å². The summed E-state index contributed by atoms with van der Waals surface area (Å²) in [6, 6.07) is 6.24. The molecule has 1 heteroatoms. The number of carbonyl (C=O) groups is 1. The summed E-state index contributed by atoms with van der Waals surface area (Å²) in [4.78, 5) is 11.7. The van der Waals surface area contributed by atoms with Gasteiger partial charge in [-0.1, -0.05) is 36.4 Å². The molecule has 0 fully saturated rings. The molecule has 0 spiro atoms. The van der Waals surface area contributed by atoms with Gasteiger partial charge < -0.3 is 4.79 Å². The lowest BCUT2D eigenvalue weighted by Gasteiger charge is -2.26. The molecule has 0 aromatic heterocycles. The molecule has 0 amide bonds. The van der Waals surface area contributed by atoms with E-state index in [0.29, 0.717) is 0 Å². The van der Waals surface area contributed by atoms with Crippen LogP contribution in [0.3, 0.4) is 0 Å². The third-order valence-corrected chi connectivity index (χ3v) is 4.25. The smallest absolute Gasteiger partial charge is 0.131 e. The fraction of sp³-hybridized carbons (Fsp3) is 0.353. The predicted molar refractivity (Wildman–Crippen MR) is 75.8 cm³/mol. The molecular formula is C17H20O. The van der Waals surface area contributed by atoms with Crippen LogP contribution in [-0.4, -0.2) is 6.29 Å². The maximum absolute atomic E-state index is 11.7. The van der Waals surface area contributed by atoms with Gasteiger partial charge >= 0.3 is 0 Å². The molecule has 0 saturated carbocycles. The Labute approximate surface area is 109 Å². The molecule has 94 valence electrons. The number of hydrogen-bond acceptors (Lipinski definition) is 1. The van der Waals surface area contributed by atoms with Gasteiger partial charge in [-0.25, -0.2) is 0 Å². The van der Waals surface area contributed by atoms with E-state index in [4.69, 9.17) is 0 Å². The average molecular weight is 240 g/mol. The van der Waals surface area contributed by atoms with Crippen molar-refractivity contribution >= 4 is 6.29 Å². The number of rotatable bonds is 3. The van der Waals surface area contributed by atoms with Crippen LogP contribution in [0.25, 0.3) is 0 Å². The van der Waals surface area contributed by atoms with Crippen LogP contribution in [0, 0.1) is 13.8 Å². The van der Waals surface area contributed by atoms with Crippen LogP contribution in [0.4, 0.5) is 0 Å². The minimum Gasteiger partial charge on any atom is -0.302 e. The second-order valence-electron chi connectivity index (χ2n) is 5.38. The number of hydrogen-bond donors (Lipinski definition) is 0. The molecule has 0 N–H and O–H groups in total.